The fraction of sp³-hybridized carbons (Fsp3) is 0.294. The Morgan fingerprint density at radius 1 is 0.944 bits per heavy atom. The molecule has 0 saturated carbocycles. The molecule has 0 aliphatic rings. The second-order valence-electron chi connectivity index (χ2n) is 5.06. The van der Waals surface area contributed by atoms with E-state index in [1.807, 2.05) is 0 Å². The minimum absolute atomic E-state index is 0.593. The molecule has 2 rings (SSSR count). The number of nitrogens with one attached hydrogen (secondary N) is 1. The highest BCUT2D eigenvalue weighted by atomic mass is 14.9. The molecule has 0 fully saturated rings. The molecule has 1 N–H and O–H groups in total. The molecule has 1 nitrogen and oxygen atoms in total. The Hall–Kier alpha value is -1.76. The van der Waals surface area contributed by atoms with Crippen LogP contribution in [0.5, 0.6) is 0 Å². The Balaban J connectivity index is 2.00. The van der Waals surface area contributed by atoms with Crippen LogP contribution in [0, 0.1) is 6.92 Å². The minimum atomic E-state index is 0.593. The standard InChI is InChI=1S/C17H21N/c1-13(2)15-8-10-17(11-9-15)18-12-16-7-5-4-6-14(16)3/h4-11,13,18H,12H2,1-3H3. The summed E-state index contributed by atoms with van der Waals surface area (Å²) in [5, 5.41) is 3.47. The molecule has 18 heavy (non-hydrogen) atoms. The first kappa shape index (κ1) is 12.7. The molecule has 0 aliphatic carbocycles. The quantitative estimate of drug-likeness (QED) is 0.813. The minimum Gasteiger partial charge on any atom is -0.381 e. The van der Waals surface area contributed by atoms with Crippen LogP contribution in [0.3, 0.4) is 0 Å². The van der Waals surface area contributed by atoms with Crippen LogP contribution >= 0.6 is 0 Å². The van der Waals surface area contributed by atoms with Gasteiger partial charge in [-0.2, -0.15) is 0 Å². The molecule has 1 heteroatoms. The summed E-state index contributed by atoms with van der Waals surface area (Å²) in [6.45, 7) is 7.47. The molecule has 2 aromatic rings. The fourth-order valence-corrected chi connectivity index (χ4v) is 1.99. The van der Waals surface area contributed by atoms with Crippen LogP contribution in [0.25, 0.3) is 0 Å². The normalized spacial score (nSPS) is 10.7. The van der Waals surface area contributed by atoms with Crippen LogP contribution in [-0.2, 0) is 6.54 Å². The summed E-state index contributed by atoms with van der Waals surface area (Å²) in [7, 11) is 0. The van der Waals surface area contributed by atoms with E-state index >= 15 is 0 Å². The molecular formula is C17H21N. The third-order valence-electron chi connectivity index (χ3n) is 3.32. The molecular weight excluding hydrogens is 218 g/mol. The molecule has 0 heterocycles. The highest BCUT2D eigenvalue weighted by Crippen LogP contribution is 2.18. The summed E-state index contributed by atoms with van der Waals surface area (Å²) in [4.78, 5) is 0. The van der Waals surface area contributed by atoms with Gasteiger partial charge in [-0.15, -0.1) is 0 Å². The maximum Gasteiger partial charge on any atom is 0.0403 e. The third-order valence-corrected chi connectivity index (χ3v) is 3.32. The van der Waals surface area contributed by atoms with Crippen molar-refractivity contribution in [2.75, 3.05) is 5.32 Å². The molecule has 0 saturated heterocycles. The van der Waals surface area contributed by atoms with Gasteiger partial charge in [-0.05, 0) is 41.7 Å². The van der Waals surface area contributed by atoms with Crippen LogP contribution in [0.4, 0.5) is 5.69 Å². The van der Waals surface area contributed by atoms with Gasteiger partial charge in [0.05, 0.1) is 0 Å². The van der Waals surface area contributed by atoms with E-state index < -0.39 is 0 Å². The van der Waals surface area contributed by atoms with Crippen LogP contribution in [-0.4, -0.2) is 0 Å². The van der Waals surface area contributed by atoms with Crippen molar-refractivity contribution in [2.45, 2.75) is 33.2 Å². The molecule has 0 aromatic heterocycles. The molecule has 2 aromatic carbocycles. The van der Waals surface area contributed by atoms with Crippen molar-refractivity contribution in [3.05, 3.63) is 65.2 Å². The van der Waals surface area contributed by atoms with Crippen molar-refractivity contribution in [3.8, 4) is 0 Å². The average molecular weight is 239 g/mol. The molecule has 94 valence electrons. The van der Waals surface area contributed by atoms with E-state index in [1.165, 1.54) is 22.4 Å². The summed E-state index contributed by atoms with van der Waals surface area (Å²) in [5.74, 6) is 0.593. The van der Waals surface area contributed by atoms with Crippen molar-refractivity contribution in [2.24, 2.45) is 0 Å². The van der Waals surface area contributed by atoms with Gasteiger partial charge in [-0.1, -0.05) is 50.2 Å². The van der Waals surface area contributed by atoms with Gasteiger partial charge in [0, 0.05) is 12.2 Å². The number of aryl methyl sites for hydroxylation is 1. The Kier molecular flexibility index (Phi) is 4.03. The van der Waals surface area contributed by atoms with E-state index in [0.717, 1.165) is 6.54 Å². The van der Waals surface area contributed by atoms with E-state index in [2.05, 4.69) is 74.6 Å². The Bertz CT molecular complexity index is 497. The lowest BCUT2D eigenvalue weighted by Crippen LogP contribution is -2.01. The molecule has 0 amide bonds. The third kappa shape index (κ3) is 3.13. The SMILES string of the molecule is Cc1ccccc1CNc1ccc(C(C)C)cc1. The van der Waals surface area contributed by atoms with E-state index in [0.29, 0.717) is 5.92 Å². The fourth-order valence-electron chi connectivity index (χ4n) is 1.99. The largest absolute Gasteiger partial charge is 0.381 e. The van der Waals surface area contributed by atoms with E-state index in [4.69, 9.17) is 0 Å². The molecule has 0 aliphatic heterocycles. The predicted octanol–water partition coefficient (Wildman–Crippen LogP) is 4.73. The summed E-state index contributed by atoms with van der Waals surface area (Å²) in [5.41, 5.74) is 5.26. The van der Waals surface area contributed by atoms with Crippen LogP contribution in [0.15, 0.2) is 48.5 Å². The predicted molar refractivity (Wildman–Crippen MR) is 79.0 cm³/mol. The first-order valence-corrected chi connectivity index (χ1v) is 6.55. The van der Waals surface area contributed by atoms with Gasteiger partial charge < -0.3 is 5.32 Å². The van der Waals surface area contributed by atoms with Gasteiger partial charge in [0.1, 0.15) is 0 Å². The summed E-state index contributed by atoms with van der Waals surface area (Å²) < 4.78 is 0. The maximum absolute atomic E-state index is 3.47. The molecule has 0 unspecified atom stereocenters. The van der Waals surface area contributed by atoms with E-state index in [1.54, 1.807) is 0 Å². The summed E-state index contributed by atoms with van der Waals surface area (Å²) in [6.07, 6.45) is 0. The molecule has 0 spiro atoms. The maximum atomic E-state index is 3.47. The van der Waals surface area contributed by atoms with Crippen LogP contribution < -0.4 is 5.32 Å². The van der Waals surface area contributed by atoms with Crippen molar-refractivity contribution >= 4 is 5.69 Å². The lowest BCUT2D eigenvalue weighted by Gasteiger charge is -2.10. The van der Waals surface area contributed by atoms with Crippen molar-refractivity contribution in [1.29, 1.82) is 0 Å². The number of hydrogen-bond acceptors (Lipinski definition) is 1. The summed E-state index contributed by atoms with van der Waals surface area (Å²) in [6, 6.07) is 17.2. The van der Waals surface area contributed by atoms with E-state index in [-0.39, 0.29) is 0 Å². The van der Waals surface area contributed by atoms with E-state index in [9.17, 15) is 0 Å². The zero-order valence-corrected chi connectivity index (χ0v) is 11.4. The van der Waals surface area contributed by atoms with Gasteiger partial charge in [-0.25, -0.2) is 0 Å². The van der Waals surface area contributed by atoms with Gasteiger partial charge in [0.2, 0.25) is 0 Å². The topological polar surface area (TPSA) is 12.0 Å². The highest BCUT2D eigenvalue weighted by molar-refractivity contribution is 5.46. The van der Waals surface area contributed by atoms with Crippen LogP contribution in [0.1, 0.15) is 36.5 Å². The number of rotatable bonds is 4. The number of anilines is 1. The Labute approximate surface area is 110 Å². The second kappa shape index (κ2) is 5.72. The second-order valence-corrected chi connectivity index (χ2v) is 5.06. The zero-order valence-electron chi connectivity index (χ0n) is 11.4. The first-order chi connectivity index (χ1) is 8.66. The lowest BCUT2D eigenvalue weighted by molar-refractivity contribution is 0.867. The molecule has 0 atom stereocenters. The Morgan fingerprint density at radius 2 is 1.61 bits per heavy atom. The smallest absolute Gasteiger partial charge is 0.0403 e. The number of benzene rings is 2. The molecule has 0 radical (unpaired) electrons. The van der Waals surface area contributed by atoms with Gasteiger partial charge in [0.25, 0.3) is 0 Å². The first-order valence-electron chi connectivity index (χ1n) is 6.55. The monoisotopic (exact) mass is 239 g/mol. The lowest BCUT2D eigenvalue weighted by atomic mass is 10.0. The number of hydrogen-bond donors (Lipinski definition) is 1. The Morgan fingerprint density at radius 3 is 2.22 bits per heavy atom. The average Bonchev–Trinajstić information content (AvgIpc) is 2.38. The van der Waals surface area contributed by atoms with Gasteiger partial charge >= 0.3 is 0 Å². The summed E-state index contributed by atoms with van der Waals surface area (Å²) >= 11 is 0. The van der Waals surface area contributed by atoms with Crippen molar-refractivity contribution in [1.82, 2.24) is 0 Å². The van der Waals surface area contributed by atoms with Crippen LogP contribution in [0.2, 0.25) is 0 Å². The zero-order chi connectivity index (χ0) is 13.0. The highest BCUT2D eigenvalue weighted by Gasteiger charge is 2.00. The van der Waals surface area contributed by atoms with Gasteiger partial charge in [0.15, 0.2) is 0 Å². The van der Waals surface area contributed by atoms with Crippen molar-refractivity contribution < 1.29 is 0 Å². The van der Waals surface area contributed by atoms with Gasteiger partial charge in [-0.3, -0.25) is 0 Å². The molecule has 0 bridgehead atoms. The van der Waals surface area contributed by atoms with Crippen molar-refractivity contribution in [3.63, 3.8) is 0 Å².